The molecule has 0 saturated heterocycles. The second kappa shape index (κ2) is 9.24. The third-order valence-corrected chi connectivity index (χ3v) is 5.57. The Bertz CT molecular complexity index is 1200. The number of nitrogens with zero attached hydrogens (tertiary/aromatic N) is 3. The lowest BCUT2D eigenvalue weighted by atomic mass is 10.1. The van der Waals surface area contributed by atoms with Gasteiger partial charge in [0.2, 0.25) is 0 Å². The van der Waals surface area contributed by atoms with Crippen molar-refractivity contribution >= 4 is 28.3 Å². The van der Waals surface area contributed by atoms with E-state index in [1.165, 1.54) is 9.47 Å². The van der Waals surface area contributed by atoms with Crippen molar-refractivity contribution in [1.82, 2.24) is 14.1 Å². The molecule has 0 saturated carbocycles. The number of benzene rings is 1. The molecule has 0 atom stereocenters. The maximum atomic E-state index is 13.7. The summed E-state index contributed by atoms with van der Waals surface area (Å²) in [4.78, 5) is 42.6. The van der Waals surface area contributed by atoms with E-state index in [4.69, 9.17) is 5.73 Å². The van der Waals surface area contributed by atoms with Gasteiger partial charge in [0, 0.05) is 31.0 Å². The van der Waals surface area contributed by atoms with Crippen molar-refractivity contribution in [2.45, 2.75) is 46.6 Å². The lowest BCUT2D eigenvalue weighted by Gasteiger charge is -2.25. The van der Waals surface area contributed by atoms with E-state index in [2.05, 4.69) is 18.8 Å². The minimum Gasteiger partial charge on any atom is -0.383 e. The zero-order valence-electron chi connectivity index (χ0n) is 18.6. The molecule has 0 unspecified atom stereocenters. The van der Waals surface area contributed by atoms with Gasteiger partial charge in [0.1, 0.15) is 11.5 Å². The van der Waals surface area contributed by atoms with E-state index in [9.17, 15) is 14.4 Å². The summed E-state index contributed by atoms with van der Waals surface area (Å²) in [6, 6.07) is 9.53. The number of amides is 1. The Kier molecular flexibility index (Phi) is 6.68. The van der Waals surface area contributed by atoms with Crippen molar-refractivity contribution in [2.75, 3.05) is 17.2 Å². The van der Waals surface area contributed by atoms with Crippen LogP contribution in [0.4, 0.5) is 11.5 Å². The number of carbonyl (C=O) groups is 1. The topological polar surface area (TPSA) is 106 Å². The zero-order chi connectivity index (χ0) is 22.7. The predicted molar refractivity (Wildman–Crippen MR) is 125 cm³/mol. The van der Waals surface area contributed by atoms with Crippen LogP contribution >= 0.6 is 0 Å². The van der Waals surface area contributed by atoms with Gasteiger partial charge in [-0.3, -0.25) is 24.0 Å². The van der Waals surface area contributed by atoms with E-state index in [1.54, 1.807) is 0 Å². The van der Waals surface area contributed by atoms with Crippen LogP contribution in [-0.4, -0.2) is 26.6 Å². The Morgan fingerprint density at radius 2 is 1.94 bits per heavy atom. The molecule has 166 valence electrons. The molecule has 31 heavy (non-hydrogen) atoms. The fourth-order valence-electron chi connectivity index (χ4n) is 3.71. The van der Waals surface area contributed by atoms with Gasteiger partial charge in [-0.2, -0.15) is 0 Å². The average Bonchev–Trinajstić information content (AvgIpc) is 3.06. The van der Waals surface area contributed by atoms with Gasteiger partial charge in [-0.15, -0.1) is 0 Å². The number of aromatic amines is 1. The summed E-state index contributed by atoms with van der Waals surface area (Å²) >= 11 is 0. The number of unbranched alkanes of at least 4 members (excludes halogenated alkanes) is 1. The molecule has 1 aromatic carbocycles. The molecular formula is C23H31N5O3. The molecule has 8 nitrogen and oxygen atoms in total. The van der Waals surface area contributed by atoms with Gasteiger partial charge in [-0.05, 0) is 30.9 Å². The highest BCUT2D eigenvalue weighted by atomic mass is 16.2. The first kappa shape index (κ1) is 22.4. The number of nitrogen functional groups attached to an aromatic ring is 1. The third kappa shape index (κ3) is 4.42. The maximum absolute atomic E-state index is 13.7. The fourth-order valence-corrected chi connectivity index (χ4v) is 3.71. The summed E-state index contributed by atoms with van der Waals surface area (Å²) in [6.45, 7) is 6.80. The quantitative estimate of drug-likeness (QED) is 0.578. The monoisotopic (exact) mass is 425 g/mol. The molecule has 3 rings (SSSR count). The van der Waals surface area contributed by atoms with Crippen LogP contribution in [-0.2, 0) is 13.6 Å². The van der Waals surface area contributed by atoms with Crippen molar-refractivity contribution in [2.24, 2.45) is 13.0 Å². The molecule has 2 aromatic heterocycles. The molecule has 2 heterocycles. The molecule has 3 N–H and O–H groups in total. The molecular weight excluding hydrogens is 394 g/mol. The lowest BCUT2D eigenvalue weighted by Crippen LogP contribution is -2.42. The Morgan fingerprint density at radius 1 is 1.23 bits per heavy atom. The van der Waals surface area contributed by atoms with E-state index in [0.29, 0.717) is 31.1 Å². The number of H-pyrrole nitrogens is 1. The fraction of sp³-hybridized carbons (Fsp3) is 0.435. The summed E-state index contributed by atoms with van der Waals surface area (Å²) in [7, 11) is 1.83. The van der Waals surface area contributed by atoms with Crippen molar-refractivity contribution in [3.05, 3.63) is 56.9 Å². The van der Waals surface area contributed by atoms with Gasteiger partial charge in [0.05, 0.1) is 0 Å². The molecule has 0 bridgehead atoms. The largest absolute Gasteiger partial charge is 0.383 e. The Labute approximate surface area is 181 Å². The van der Waals surface area contributed by atoms with Crippen molar-refractivity contribution in [1.29, 1.82) is 0 Å². The number of anilines is 2. The summed E-state index contributed by atoms with van der Waals surface area (Å²) in [5.41, 5.74) is 6.51. The predicted octanol–water partition coefficient (Wildman–Crippen LogP) is 3.10. The minimum atomic E-state index is -0.647. The molecule has 0 aliphatic rings. The molecule has 0 aliphatic carbocycles. The normalized spacial score (nSPS) is 11.4. The maximum Gasteiger partial charge on any atom is 0.330 e. The highest BCUT2D eigenvalue weighted by Crippen LogP contribution is 2.24. The van der Waals surface area contributed by atoms with Gasteiger partial charge >= 0.3 is 5.69 Å². The second-order valence-electron chi connectivity index (χ2n) is 8.29. The van der Waals surface area contributed by atoms with Crippen LogP contribution in [0.5, 0.6) is 0 Å². The number of nitrogens with one attached hydrogen (secondary N) is 1. The second-order valence-corrected chi connectivity index (χ2v) is 8.29. The molecule has 8 heteroatoms. The third-order valence-electron chi connectivity index (χ3n) is 5.57. The van der Waals surface area contributed by atoms with Crippen LogP contribution in [0.15, 0.2) is 39.9 Å². The van der Waals surface area contributed by atoms with Crippen LogP contribution in [0.1, 0.15) is 50.5 Å². The summed E-state index contributed by atoms with van der Waals surface area (Å²) in [6.07, 6.45) is 2.29. The van der Waals surface area contributed by atoms with Gasteiger partial charge in [0.15, 0.2) is 5.69 Å². The van der Waals surface area contributed by atoms with Crippen LogP contribution in [0.3, 0.4) is 0 Å². The number of fused-ring (bicyclic) bond motifs is 1. The molecule has 0 spiro atoms. The first-order valence-corrected chi connectivity index (χ1v) is 10.7. The molecule has 0 aliphatic heterocycles. The minimum absolute atomic E-state index is 0.0260. The van der Waals surface area contributed by atoms with E-state index in [-0.39, 0.29) is 17.4 Å². The number of rotatable bonds is 8. The van der Waals surface area contributed by atoms with Crippen LogP contribution < -0.4 is 21.9 Å². The van der Waals surface area contributed by atoms with Gasteiger partial charge in [-0.1, -0.05) is 45.4 Å². The summed E-state index contributed by atoms with van der Waals surface area (Å²) in [5, 5.41) is 0.937. The van der Waals surface area contributed by atoms with E-state index >= 15 is 0 Å². The number of carbonyl (C=O) groups excluding carboxylic acids is 1. The van der Waals surface area contributed by atoms with Crippen LogP contribution in [0.2, 0.25) is 0 Å². The van der Waals surface area contributed by atoms with Gasteiger partial charge < -0.3 is 10.3 Å². The van der Waals surface area contributed by atoms with Gasteiger partial charge in [0.25, 0.3) is 11.5 Å². The Hall–Kier alpha value is -3.29. The molecule has 0 fully saturated rings. The summed E-state index contributed by atoms with van der Waals surface area (Å²) in [5.74, 6) is 0.0180. The average molecular weight is 426 g/mol. The number of aryl methyl sites for hydroxylation is 1. The Morgan fingerprint density at radius 3 is 2.58 bits per heavy atom. The summed E-state index contributed by atoms with van der Waals surface area (Å²) < 4.78 is 3.16. The molecule has 0 radical (unpaired) electrons. The Balaban J connectivity index is 2.15. The van der Waals surface area contributed by atoms with E-state index in [0.717, 1.165) is 23.7 Å². The first-order valence-electron chi connectivity index (χ1n) is 10.7. The number of nitrogens with two attached hydrogens (primary N) is 1. The van der Waals surface area contributed by atoms with Crippen molar-refractivity contribution in [3.8, 4) is 0 Å². The van der Waals surface area contributed by atoms with Crippen LogP contribution in [0, 0.1) is 5.92 Å². The smallest absolute Gasteiger partial charge is 0.330 e. The standard InChI is InChI=1S/C23H31N5O3/c1-5-6-12-28-20(24)19(21(29)25-23(28)31)27(13-11-15(2)3)22(30)18-14-16-9-7-8-10-17(16)26(18)4/h7-10,14-15H,5-6,11-13,24H2,1-4H3,(H,25,29,31). The first-order chi connectivity index (χ1) is 14.8. The van der Waals surface area contributed by atoms with Crippen molar-refractivity contribution in [3.63, 3.8) is 0 Å². The number of para-hydroxylation sites is 1. The van der Waals surface area contributed by atoms with Gasteiger partial charge in [-0.25, -0.2) is 4.79 Å². The highest BCUT2D eigenvalue weighted by Gasteiger charge is 2.27. The highest BCUT2D eigenvalue weighted by molar-refractivity contribution is 6.08. The molecule has 3 aromatic rings. The van der Waals surface area contributed by atoms with E-state index < -0.39 is 11.2 Å². The number of hydrogen-bond donors (Lipinski definition) is 2. The zero-order valence-corrected chi connectivity index (χ0v) is 18.6. The number of hydrogen-bond acceptors (Lipinski definition) is 4. The molecule has 1 amide bonds. The van der Waals surface area contributed by atoms with E-state index in [1.807, 2.05) is 48.9 Å². The number of aromatic nitrogens is 3. The van der Waals surface area contributed by atoms with Crippen LogP contribution in [0.25, 0.3) is 10.9 Å². The SMILES string of the molecule is CCCCn1c(N)c(N(CCC(C)C)C(=O)c2cc3ccccc3n2C)c(=O)[nH]c1=O. The van der Waals surface area contributed by atoms with Crippen molar-refractivity contribution < 1.29 is 4.79 Å². The lowest BCUT2D eigenvalue weighted by molar-refractivity contribution is 0.0978.